The van der Waals surface area contributed by atoms with Gasteiger partial charge in [-0.3, -0.25) is 9.59 Å². The lowest BCUT2D eigenvalue weighted by Gasteiger charge is -2.42. The van der Waals surface area contributed by atoms with E-state index in [2.05, 4.69) is 5.16 Å². The van der Waals surface area contributed by atoms with Gasteiger partial charge in [0.1, 0.15) is 17.8 Å². The van der Waals surface area contributed by atoms with Crippen molar-refractivity contribution in [3.63, 3.8) is 0 Å². The van der Waals surface area contributed by atoms with Gasteiger partial charge < -0.3 is 14.3 Å². The first kappa shape index (κ1) is 14.1. The van der Waals surface area contributed by atoms with Crippen LogP contribution in [0.5, 0.6) is 0 Å². The van der Waals surface area contributed by atoms with Crippen LogP contribution in [0.15, 0.2) is 4.52 Å². The van der Waals surface area contributed by atoms with Crippen molar-refractivity contribution in [2.45, 2.75) is 58.7 Å². The van der Waals surface area contributed by atoms with E-state index < -0.39 is 0 Å². The van der Waals surface area contributed by atoms with Crippen LogP contribution in [0.3, 0.4) is 0 Å². The van der Waals surface area contributed by atoms with Gasteiger partial charge >= 0.3 is 0 Å². The highest BCUT2D eigenvalue weighted by atomic mass is 16.5. The van der Waals surface area contributed by atoms with Gasteiger partial charge in [0, 0.05) is 12.1 Å². The first-order valence-electron chi connectivity index (χ1n) is 7.57. The molecule has 2 aliphatic heterocycles. The Morgan fingerprint density at radius 2 is 2.05 bits per heavy atom. The van der Waals surface area contributed by atoms with Crippen molar-refractivity contribution in [1.82, 2.24) is 15.0 Å². The van der Waals surface area contributed by atoms with Crippen LogP contribution in [-0.4, -0.2) is 45.4 Å². The molecule has 1 aromatic rings. The first-order chi connectivity index (χ1) is 10.0. The predicted molar refractivity (Wildman–Crippen MR) is 75.3 cm³/mol. The molecular weight excluding hydrogens is 270 g/mol. The second-order valence-corrected chi connectivity index (χ2v) is 5.88. The fourth-order valence-corrected chi connectivity index (χ4v) is 3.44. The summed E-state index contributed by atoms with van der Waals surface area (Å²) in [5.74, 6) is 0.877. The minimum absolute atomic E-state index is 0.0685. The van der Waals surface area contributed by atoms with E-state index in [9.17, 15) is 9.59 Å². The minimum atomic E-state index is -0.361. The van der Waals surface area contributed by atoms with Crippen LogP contribution in [0.1, 0.15) is 43.2 Å². The lowest BCUT2D eigenvalue weighted by Crippen LogP contribution is -2.62. The molecule has 1 aromatic heterocycles. The lowest BCUT2D eigenvalue weighted by molar-refractivity contribution is -0.160. The molecule has 2 amide bonds. The van der Waals surface area contributed by atoms with Crippen LogP contribution >= 0.6 is 0 Å². The van der Waals surface area contributed by atoms with Gasteiger partial charge in [0.2, 0.25) is 11.8 Å². The van der Waals surface area contributed by atoms with E-state index in [-0.39, 0.29) is 23.9 Å². The Balaban J connectivity index is 1.91. The fourth-order valence-electron chi connectivity index (χ4n) is 3.44. The quantitative estimate of drug-likeness (QED) is 0.844. The van der Waals surface area contributed by atoms with Gasteiger partial charge in [-0.2, -0.15) is 0 Å². The van der Waals surface area contributed by atoms with Gasteiger partial charge in [-0.05, 0) is 33.1 Å². The van der Waals surface area contributed by atoms with Crippen LogP contribution in [0, 0.1) is 13.8 Å². The Hall–Kier alpha value is -1.85. The zero-order chi connectivity index (χ0) is 15.1. The van der Waals surface area contributed by atoms with Gasteiger partial charge in [-0.1, -0.05) is 12.1 Å². The molecule has 3 heterocycles. The molecule has 0 aliphatic carbocycles. The zero-order valence-corrected chi connectivity index (χ0v) is 12.8. The van der Waals surface area contributed by atoms with Crippen LogP contribution in [0.4, 0.5) is 0 Å². The molecule has 2 fully saturated rings. The number of fused-ring (bicyclic) bond motifs is 1. The van der Waals surface area contributed by atoms with Crippen molar-refractivity contribution in [1.29, 1.82) is 0 Å². The van der Waals surface area contributed by atoms with E-state index in [1.807, 2.05) is 20.8 Å². The molecule has 0 N–H and O–H groups in total. The third-order valence-corrected chi connectivity index (χ3v) is 4.66. The number of carbonyl (C=O) groups excluding carboxylic acids is 2. The highest BCUT2D eigenvalue weighted by Crippen LogP contribution is 2.30. The number of aryl methyl sites for hydroxylation is 2. The molecule has 21 heavy (non-hydrogen) atoms. The largest absolute Gasteiger partial charge is 0.361 e. The van der Waals surface area contributed by atoms with Gasteiger partial charge in [0.15, 0.2) is 0 Å². The maximum Gasteiger partial charge on any atom is 0.246 e. The third kappa shape index (κ3) is 2.13. The molecule has 114 valence electrons. The van der Waals surface area contributed by atoms with Crippen molar-refractivity contribution in [3.05, 3.63) is 17.0 Å². The van der Waals surface area contributed by atoms with Gasteiger partial charge in [-0.25, -0.2) is 0 Å². The summed E-state index contributed by atoms with van der Waals surface area (Å²) in [5.41, 5.74) is 1.71. The summed E-state index contributed by atoms with van der Waals surface area (Å²) >= 11 is 0. The molecular formula is C15H21N3O3. The number of nitrogens with zero attached hydrogens (tertiary/aromatic N) is 3. The third-order valence-electron chi connectivity index (χ3n) is 4.66. The molecule has 0 radical (unpaired) electrons. The minimum Gasteiger partial charge on any atom is -0.361 e. The summed E-state index contributed by atoms with van der Waals surface area (Å²) in [6, 6.07) is -0.624. The second kappa shape index (κ2) is 5.16. The van der Waals surface area contributed by atoms with E-state index in [4.69, 9.17) is 4.52 Å². The molecule has 6 nitrogen and oxygen atoms in total. The molecule has 0 bridgehead atoms. The number of hydrogen-bond donors (Lipinski definition) is 0. The predicted octanol–water partition coefficient (Wildman–Crippen LogP) is 1.40. The molecule has 0 saturated carbocycles. The molecule has 0 aromatic carbocycles. The summed E-state index contributed by atoms with van der Waals surface area (Å²) in [7, 11) is 0. The number of piperazine rings is 1. The van der Waals surface area contributed by atoms with Crippen molar-refractivity contribution in [3.8, 4) is 0 Å². The Morgan fingerprint density at radius 3 is 2.67 bits per heavy atom. The number of aromatic nitrogens is 1. The topological polar surface area (TPSA) is 66.7 Å². The van der Waals surface area contributed by atoms with Gasteiger partial charge in [0.25, 0.3) is 0 Å². The van der Waals surface area contributed by atoms with Crippen molar-refractivity contribution in [2.75, 3.05) is 6.54 Å². The van der Waals surface area contributed by atoms with Crippen LogP contribution in [0.25, 0.3) is 0 Å². The number of rotatable bonds is 3. The van der Waals surface area contributed by atoms with Gasteiger partial charge in [-0.15, -0.1) is 0 Å². The lowest BCUT2D eigenvalue weighted by atomic mass is 10.0. The van der Waals surface area contributed by atoms with Crippen LogP contribution < -0.4 is 0 Å². The van der Waals surface area contributed by atoms with E-state index in [0.29, 0.717) is 19.5 Å². The summed E-state index contributed by atoms with van der Waals surface area (Å²) < 4.78 is 5.17. The highest BCUT2D eigenvalue weighted by molar-refractivity contribution is 5.97. The van der Waals surface area contributed by atoms with E-state index >= 15 is 0 Å². The Labute approximate surface area is 124 Å². The summed E-state index contributed by atoms with van der Waals surface area (Å²) in [6.45, 7) is 6.78. The molecule has 3 rings (SSSR count). The molecule has 2 atom stereocenters. The average molecular weight is 291 g/mol. The van der Waals surface area contributed by atoms with E-state index in [1.165, 1.54) is 0 Å². The van der Waals surface area contributed by atoms with Crippen LogP contribution in [-0.2, 0) is 16.1 Å². The molecule has 2 saturated heterocycles. The Bertz CT molecular complexity index is 561. The maximum absolute atomic E-state index is 12.8. The number of hydrogen-bond acceptors (Lipinski definition) is 4. The highest BCUT2D eigenvalue weighted by Gasteiger charge is 2.47. The molecule has 6 heteroatoms. The Kier molecular flexibility index (Phi) is 3.47. The smallest absolute Gasteiger partial charge is 0.246 e. The van der Waals surface area contributed by atoms with Crippen molar-refractivity contribution >= 4 is 11.8 Å². The molecule has 0 spiro atoms. The number of carbonyl (C=O) groups is 2. The summed E-state index contributed by atoms with van der Waals surface area (Å²) in [4.78, 5) is 28.8. The molecule has 2 aliphatic rings. The van der Waals surface area contributed by atoms with E-state index in [1.54, 1.807) is 9.80 Å². The fraction of sp³-hybridized carbons (Fsp3) is 0.667. The van der Waals surface area contributed by atoms with Crippen LogP contribution in [0.2, 0.25) is 0 Å². The average Bonchev–Trinajstić information content (AvgIpc) is 3.06. The monoisotopic (exact) mass is 291 g/mol. The summed E-state index contributed by atoms with van der Waals surface area (Å²) in [6.07, 6.45) is 2.33. The maximum atomic E-state index is 12.8. The van der Waals surface area contributed by atoms with Gasteiger partial charge in [0.05, 0.1) is 12.2 Å². The second-order valence-electron chi connectivity index (χ2n) is 5.88. The SMILES string of the molecule is CCC1C(=O)N2CCCC2C(=O)N1Cc1c(C)noc1C. The van der Waals surface area contributed by atoms with Crippen molar-refractivity contribution in [2.24, 2.45) is 0 Å². The van der Waals surface area contributed by atoms with E-state index in [0.717, 1.165) is 29.9 Å². The summed E-state index contributed by atoms with van der Waals surface area (Å²) in [5, 5.41) is 3.93. The van der Waals surface area contributed by atoms with Crippen molar-refractivity contribution < 1.29 is 14.1 Å². The standard InChI is InChI=1S/C15H21N3O3/c1-4-12-14(19)17-7-5-6-13(17)15(20)18(12)8-11-9(2)16-21-10(11)3/h12-13H,4-8H2,1-3H3. The number of amides is 2. The zero-order valence-electron chi connectivity index (χ0n) is 12.8. The Morgan fingerprint density at radius 1 is 1.29 bits per heavy atom. The molecule has 2 unspecified atom stereocenters. The normalized spacial score (nSPS) is 25.7. The first-order valence-corrected chi connectivity index (χ1v) is 7.57.